The third kappa shape index (κ3) is 3.74. The van der Waals surface area contributed by atoms with Gasteiger partial charge in [0, 0.05) is 38.4 Å². The average Bonchev–Trinajstić information content (AvgIpc) is 2.42. The van der Waals surface area contributed by atoms with E-state index in [2.05, 4.69) is 39.5 Å². The van der Waals surface area contributed by atoms with Crippen molar-refractivity contribution in [1.29, 1.82) is 0 Å². The minimum absolute atomic E-state index is 0.0287. The summed E-state index contributed by atoms with van der Waals surface area (Å²) in [6, 6.07) is 0.538. The molecule has 0 bridgehead atoms. The van der Waals surface area contributed by atoms with E-state index >= 15 is 0 Å². The molecule has 2 aliphatic heterocycles. The van der Waals surface area contributed by atoms with Crippen LogP contribution in [0.2, 0.25) is 0 Å². The predicted molar refractivity (Wildman–Crippen MR) is 87.1 cm³/mol. The van der Waals surface area contributed by atoms with Crippen LogP contribution in [0.1, 0.15) is 47.5 Å². The molecule has 0 aliphatic carbocycles. The molecule has 5 nitrogen and oxygen atoms in total. The zero-order chi connectivity index (χ0) is 16.5. The molecule has 0 spiro atoms. The monoisotopic (exact) mass is 312 g/mol. The summed E-state index contributed by atoms with van der Waals surface area (Å²) >= 11 is 0. The molecule has 2 aliphatic rings. The van der Waals surface area contributed by atoms with E-state index in [4.69, 9.17) is 4.74 Å². The standard InChI is InChI=1S/C17H32N2O3/c1-12-10-19(16(20)21)15(17(3,4)5)13(2)18(12)11-14-6-8-22-9-7-14/h12-15H,6-11H2,1-5H3,(H,20,21)/t12-,13+,15?/m1/s1. The Labute approximate surface area is 134 Å². The van der Waals surface area contributed by atoms with E-state index in [9.17, 15) is 9.90 Å². The first-order valence-corrected chi connectivity index (χ1v) is 8.55. The van der Waals surface area contributed by atoms with Crippen molar-refractivity contribution in [2.75, 3.05) is 26.3 Å². The number of hydrogen-bond acceptors (Lipinski definition) is 3. The van der Waals surface area contributed by atoms with E-state index in [1.165, 1.54) is 0 Å². The fraction of sp³-hybridized carbons (Fsp3) is 0.941. The predicted octanol–water partition coefficient (Wildman–Crippen LogP) is 2.90. The SMILES string of the molecule is C[C@@H]1CN(C(=O)O)C(C(C)(C)C)[C@H](C)N1CC1CCOCC1. The molecule has 2 saturated heterocycles. The summed E-state index contributed by atoms with van der Waals surface area (Å²) in [6.45, 7) is 14.2. The van der Waals surface area contributed by atoms with Gasteiger partial charge >= 0.3 is 6.09 Å². The van der Waals surface area contributed by atoms with Gasteiger partial charge in [-0.1, -0.05) is 20.8 Å². The van der Waals surface area contributed by atoms with Crippen molar-refractivity contribution in [3.63, 3.8) is 0 Å². The van der Waals surface area contributed by atoms with E-state index in [-0.39, 0.29) is 23.5 Å². The maximum atomic E-state index is 11.7. The van der Waals surface area contributed by atoms with Gasteiger partial charge < -0.3 is 14.7 Å². The molecule has 0 radical (unpaired) electrons. The number of carbonyl (C=O) groups is 1. The Morgan fingerprint density at radius 1 is 1.23 bits per heavy atom. The second kappa shape index (κ2) is 6.75. The summed E-state index contributed by atoms with van der Waals surface area (Å²) in [6.07, 6.45) is 1.46. The van der Waals surface area contributed by atoms with E-state index in [0.717, 1.165) is 32.6 Å². The van der Waals surface area contributed by atoms with Crippen LogP contribution in [0.15, 0.2) is 0 Å². The summed E-state index contributed by atoms with van der Waals surface area (Å²) < 4.78 is 5.46. The summed E-state index contributed by atoms with van der Waals surface area (Å²) in [4.78, 5) is 15.9. The van der Waals surface area contributed by atoms with Crippen molar-refractivity contribution in [3.8, 4) is 0 Å². The van der Waals surface area contributed by atoms with Gasteiger partial charge in [0.25, 0.3) is 0 Å². The van der Waals surface area contributed by atoms with Crippen LogP contribution >= 0.6 is 0 Å². The van der Waals surface area contributed by atoms with Crippen LogP contribution in [-0.4, -0.2) is 65.4 Å². The summed E-state index contributed by atoms with van der Waals surface area (Å²) in [5.74, 6) is 0.677. The van der Waals surface area contributed by atoms with Crippen molar-refractivity contribution in [1.82, 2.24) is 9.80 Å². The lowest BCUT2D eigenvalue weighted by Crippen LogP contribution is -2.67. The van der Waals surface area contributed by atoms with Crippen molar-refractivity contribution in [2.45, 2.75) is 65.6 Å². The number of amides is 1. The van der Waals surface area contributed by atoms with Gasteiger partial charge in [0.2, 0.25) is 0 Å². The van der Waals surface area contributed by atoms with Crippen molar-refractivity contribution in [3.05, 3.63) is 0 Å². The Morgan fingerprint density at radius 3 is 2.32 bits per heavy atom. The Morgan fingerprint density at radius 2 is 1.82 bits per heavy atom. The number of piperazine rings is 1. The highest BCUT2D eigenvalue weighted by molar-refractivity contribution is 5.66. The fourth-order valence-electron chi connectivity index (χ4n) is 4.31. The zero-order valence-corrected chi connectivity index (χ0v) is 14.7. The molecule has 128 valence electrons. The minimum Gasteiger partial charge on any atom is -0.465 e. The van der Waals surface area contributed by atoms with Crippen LogP contribution in [0, 0.1) is 11.3 Å². The molecule has 22 heavy (non-hydrogen) atoms. The molecule has 0 aromatic carbocycles. The maximum Gasteiger partial charge on any atom is 0.407 e. The van der Waals surface area contributed by atoms with Crippen LogP contribution in [0.4, 0.5) is 4.79 Å². The zero-order valence-electron chi connectivity index (χ0n) is 14.7. The third-order valence-corrected chi connectivity index (χ3v) is 5.29. The summed E-state index contributed by atoms with van der Waals surface area (Å²) in [5, 5.41) is 9.61. The molecular formula is C17H32N2O3. The Kier molecular flexibility index (Phi) is 5.38. The Bertz CT molecular complexity index is 388. The van der Waals surface area contributed by atoms with Gasteiger partial charge in [0.05, 0.1) is 6.04 Å². The van der Waals surface area contributed by atoms with Crippen molar-refractivity contribution in [2.24, 2.45) is 11.3 Å². The molecule has 0 aromatic rings. The largest absolute Gasteiger partial charge is 0.465 e. The highest BCUT2D eigenvalue weighted by Crippen LogP contribution is 2.35. The first-order chi connectivity index (χ1) is 10.2. The molecule has 0 aromatic heterocycles. The van der Waals surface area contributed by atoms with Crippen LogP contribution < -0.4 is 0 Å². The van der Waals surface area contributed by atoms with Crippen LogP contribution in [0.5, 0.6) is 0 Å². The number of carboxylic acid groups (broad SMARTS) is 1. The molecule has 1 N–H and O–H groups in total. The number of ether oxygens (including phenoxy) is 1. The van der Waals surface area contributed by atoms with Gasteiger partial charge in [0.1, 0.15) is 0 Å². The van der Waals surface area contributed by atoms with Crippen LogP contribution in [0.25, 0.3) is 0 Å². The van der Waals surface area contributed by atoms with Gasteiger partial charge in [-0.25, -0.2) is 4.79 Å². The number of nitrogens with zero attached hydrogens (tertiary/aromatic N) is 2. The quantitative estimate of drug-likeness (QED) is 0.852. The van der Waals surface area contributed by atoms with Crippen LogP contribution in [-0.2, 0) is 4.74 Å². The lowest BCUT2D eigenvalue weighted by atomic mass is 9.78. The number of hydrogen-bond donors (Lipinski definition) is 1. The fourth-order valence-corrected chi connectivity index (χ4v) is 4.31. The van der Waals surface area contributed by atoms with Crippen molar-refractivity contribution >= 4 is 6.09 Å². The molecule has 2 rings (SSSR count). The molecule has 2 heterocycles. The molecular weight excluding hydrogens is 280 g/mol. The highest BCUT2D eigenvalue weighted by atomic mass is 16.5. The van der Waals surface area contributed by atoms with E-state index in [1.54, 1.807) is 4.90 Å². The lowest BCUT2D eigenvalue weighted by molar-refractivity contribution is -0.0539. The Hall–Kier alpha value is -0.810. The normalized spacial score (nSPS) is 32.2. The third-order valence-electron chi connectivity index (χ3n) is 5.29. The summed E-state index contributed by atoms with van der Waals surface area (Å²) in [7, 11) is 0. The van der Waals surface area contributed by atoms with Crippen LogP contribution in [0.3, 0.4) is 0 Å². The highest BCUT2D eigenvalue weighted by Gasteiger charge is 2.45. The van der Waals surface area contributed by atoms with E-state index in [0.29, 0.717) is 12.5 Å². The van der Waals surface area contributed by atoms with E-state index in [1.807, 2.05) is 0 Å². The van der Waals surface area contributed by atoms with Gasteiger partial charge in [-0.3, -0.25) is 4.90 Å². The molecule has 3 atom stereocenters. The second-order valence-corrected chi connectivity index (χ2v) is 8.09. The smallest absolute Gasteiger partial charge is 0.407 e. The van der Waals surface area contributed by atoms with Gasteiger partial charge in [-0.2, -0.15) is 0 Å². The first kappa shape index (κ1) is 17.5. The summed E-state index contributed by atoms with van der Waals surface area (Å²) in [5.41, 5.74) is -0.0636. The number of rotatable bonds is 2. The molecule has 0 saturated carbocycles. The molecule has 1 amide bonds. The van der Waals surface area contributed by atoms with Crippen molar-refractivity contribution < 1.29 is 14.6 Å². The first-order valence-electron chi connectivity index (χ1n) is 8.55. The molecule has 1 unspecified atom stereocenters. The van der Waals surface area contributed by atoms with Gasteiger partial charge in [-0.15, -0.1) is 0 Å². The lowest BCUT2D eigenvalue weighted by Gasteiger charge is -2.54. The average molecular weight is 312 g/mol. The Balaban J connectivity index is 2.15. The van der Waals surface area contributed by atoms with Gasteiger partial charge in [0.15, 0.2) is 0 Å². The second-order valence-electron chi connectivity index (χ2n) is 8.09. The maximum absolute atomic E-state index is 11.7. The molecule has 5 heteroatoms. The van der Waals surface area contributed by atoms with Gasteiger partial charge in [-0.05, 0) is 38.0 Å². The minimum atomic E-state index is -0.788. The molecule has 2 fully saturated rings. The topological polar surface area (TPSA) is 53.0 Å². The van der Waals surface area contributed by atoms with E-state index < -0.39 is 6.09 Å².